The summed E-state index contributed by atoms with van der Waals surface area (Å²) in [5.74, 6) is 8.10. The first-order valence-corrected chi connectivity index (χ1v) is 31.4. The van der Waals surface area contributed by atoms with Crippen molar-refractivity contribution in [1.29, 1.82) is 0 Å². The molecule has 23 heteroatoms. The van der Waals surface area contributed by atoms with Gasteiger partial charge in [-0.1, -0.05) is 93.4 Å². The predicted molar refractivity (Wildman–Crippen MR) is 347 cm³/mol. The maximum atomic E-state index is 10.5. The normalized spacial score (nSPS) is 13.9. The topological polar surface area (TPSA) is 316 Å². The number of rotatable bonds is 11. The van der Waals surface area contributed by atoms with E-state index < -0.39 is 20.9 Å². The third kappa shape index (κ3) is 52.0. The highest BCUT2D eigenvalue weighted by Crippen LogP contribution is 2.53. The molecule has 3 atom stereocenters. The molecule has 1 saturated heterocycles. The molecule has 0 amide bonds. The zero-order chi connectivity index (χ0) is 69.4. The maximum absolute atomic E-state index is 10.5. The van der Waals surface area contributed by atoms with Crippen LogP contribution in [0.15, 0.2) is 125 Å². The number of hydrogen-bond acceptors (Lipinski definition) is 19. The van der Waals surface area contributed by atoms with E-state index in [0.717, 1.165) is 66.0 Å². The van der Waals surface area contributed by atoms with Crippen LogP contribution in [0.4, 0.5) is 18.9 Å². The number of hydrogen-bond donors (Lipinski definition) is 13. The monoisotopic (exact) mass is 1280 g/mol. The van der Waals surface area contributed by atoms with Gasteiger partial charge < -0.3 is 94.6 Å². The van der Waals surface area contributed by atoms with E-state index in [1.807, 2.05) is 73.4 Å². The summed E-state index contributed by atoms with van der Waals surface area (Å²) < 4.78 is 56.3. The van der Waals surface area contributed by atoms with Gasteiger partial charge in [0.25, 0.3) is 0 Å². The van der Waals surface area contributed by atoms with Crippen LogP contribution in [0, 0.1) is 35.1 Å². The van der Waals surface area contributed by atoms with Gasteiger partial charge in [0.15, 0.2) is 0 Å². The molecule has 3 unspecified atom stereocenters. The van der Waals surface area contributed by atoms with E-state index in [0.29, 0.717) is 17.4 Å². The molecule has 7 rings (SSSR count). The fourth-order valence-electron chi connectivity index (χ4n) is 6.08. The lowest BCUT2D eigenvalue weighted by molar-refractivity contribution is -0.159. The number of aliphatic hydroxyl groups is 12. The quantitative estimate of drug-likeness (QED) is 0.0338. The van der Waals surface area contributed by atoms with Crippen LogP contribution in [-0.2, 0) is 37.8 Å². The molecule has 19 nitrogen and oxygen atoms in total. The van der Waals surface area contributed by atoms with Gasteiger partial charge >= 0.3 is 6.18 Å². The van der Waals surface area contributed by atoms with Crippen LogP contribution in [0.1, 0.15) is 75.5 Å². The van der Waals surface area contributed by atoms with Crippen molar-refractivity contribution in [3.63, 3.8) is 0 Å². The summed E-state index contributed by atoms with van der Waals surface area (Å²) in [5, 5.41) is 108. The Balaban J connectivity index is -0.000000294. The number of alkyl halides is 3. The summed E-state index contributed by atoms with van der Waals surface area (Å²) in [5.41, 5.74) is 8.97. The van der Waals surface area contributed by atoms with Crippen molar-refractivity contribution in [2.45, 2.75) is 119 Å². The van der Waals surface area contributed by atoms with Crippen LogP contribution in [0.25, 0.3) is 0 Å². The minimum atomic E-state index is -4.40. The second-order valence-electron chi connectivity index (χ2n) is 20.1. The fourth-order valence-corrected chi connectivity index (χ4v) is 6.69. The number of nitrogens with zero attached hydrogens (tertiary/aromatic N) is 1. The Bertz CT molecular complexity index is 2510. The van der Waals surface area contributed by atoms with Crippen molar-refractivity contribution in [1.82, 2.24) is 0 Å². The fraction of sp³-hybridized carbons (Fsp3) is 0.485. The lowest BCUT2D eigenvalue weighted by atomic mass is 10.1. The second kappa shape index (κ2) is 56.7. The Morgan fingerprint density at radius 3 is 1.49 bits per heavy atom. The Morgan fingerprint density at radius 2 is 1.21 bits per heavy atom. The molecular formula is C66H104F3NO18Si. The zero-order valence-corrected chi connectivity index (χ0v) is 55.4. The molecule has 0 bridgehead atoms. The first-order valence-electron chi connectivity index (χ1n) is 27.9. The number of terminal acetylenes is 1. The number of halogens is 3. The summed E-state index contributed by atoms with van der Waals surface area (Å²) >= 11 is 0. The van der Waals surface area contributed by atoms with E-state index in [2.05, 4.69) is 71.3 Å². The standard InChI is InChI=1S/C9H13NO.C9H12O3.C9H16O.C8H10O2.C7H8O2.C6H12OSi.C5H10O2.C5H6O2.C3H4O.C2H3F3O.C2H6O.CH4O/c1-10(2)9-5-3-4-8(6-9)7-11;1-11-8-3-4-9(12-2)7(5-8)6-10;1-6(2)5-7-8(10)9(7,3)4;1-10-8-4-2-7(6-9)3-5-8;8-5-6-1-3-7(9)4-2-6;1-8(2,3)6-4-5-7;2*6-4-5-2-1-3-7-5;1-2-3-4;3-2(4,5)1-6;1-2-3;1-2/h3-6,11H,7H2,1-2H3;3-5,10H,6H2,1-2H3;5,7-8,10H,1-4H3;2-5,9H,6H2,1H3;1-4,8-9H,5H2;7H,5H2,1-3H3;5-6H,1-4H2;1-3,6H,4H2;1,4H,3H2;6H,1H2;3H,2H2,1H3;2H,1H3. The van der Waals surface area contributed by atoms with E-state index >= 15 is 0 Å². The molecule has 89 heavy (non-hydrogen) atoms. The Morgan fingerprint density at radius 1 is 0.719 bits per heavy atom. The van der Waals surface area contributed by atoms with Gasteiger partial charge in [0.2, 0.25) is 0 Å². The van der Waals surface area contributed by atoms with Crippen LogP contribution < -0.4 is 19.1 Å². The van der Waals surface area contributed by atoms with Gasteiger partial charge in [0, 0.05) is 57.0 Å². The number of furan rings is 1. The Kier molecular flexibility index (Phi) is 58.2. The molecule has 4 aromatic carbocycles. The van der Waals surface area contributed by atoms with E-state index in [-0.39, 0.29) is 82.8 Å². The molecule has 2 fully saturated rings. The number of methoxy groups -OCH3 is 3. The smallest absolute Gasteiger partial charge is 0.411 e. The first-order chi connectivity index (χ1) is 42.0. The molecule has 1 aromatic heterocycles. The van der Waals surface area contributed by atoms with Crippen molar-refractivity contribution >= 4 is 13.8 Å². The summed E-state index contributed by atoms with van der Waals surface area (Å²) in [6, 6.07) is 30.4. The zero-order valence-electron chi connectivity index (χ0n) is 54.4. The lowest BCUT2D eigenvalue weighted by Gasteiger charge is -2.12. The average molecular weight is 1280 g/mol. The van der Waals surface area contributed by atoms with Crippen molar-refractivity contribution < 1.29 is 103 Å². The summed E-state index contributed by atoms with van der Waals surface area (Å²) in [6.45, 7) is 16.1. The highest BCUT2D eigenvalue weighted by Gasteiger charge is 2.55. The van der Waals surface area contributed by atoms with Crippen LogP contribution in [-0.4, -0.2) is 175 Å². The highest BCUT2D eigenvalue weighted by atomic mass is 28.3. The number of ether oxygens (including phenoxy) is 4. The van der Waals surface area contributed by atoms with E-state index in [1.165, 1.54) is 11.8 Å². The minimum absolute atomic E-state index is 0.00424. The Hall–Kier alpha value is -6.49. The van der Waals surface area contributed by atoms with Crippen molar-refractivity contribution in [2.75, 3.05) is 87.1 Å². The molecule has 2 aliphatic rings. The van der Waals surface area contributed by atoms with E-state index in [1.54, 1.807) is 82.9 Å². The highest BCUT2D eigenvalue weighted by molar-refractivity contribution is 6.83. The van der Waals surface area contributed by atoms with Gasteiger partial charge in [-0.25, -0.2) is 0 Å². The molecule has 0 spiro atoms. The largest absolute Gasteiger partial charge is 0.508 e. The molecule has 2 heterocycles. The molecule has 0 radical (unpaired) electrons. The van der Waals surface area contributed by atoms with Crippen LogP contribution in [0.3, 0.4) is 0 Å². The van der Waals surface area contributed by atoms with Gasteiger partial charge in [-0.05, 0) is 117 Å². The van der Waals surface area contributed by atoms with Crippen molar-refractivity contribution in [3.05, 3.63) is 149 Å². The molecule has 1 aliphatic carbocycles. The van der Waals surface area contributed by atoms with Gasteiger partial charge in [-0.15, -0.1) is 12.0 Å². The van der Waals surface area contributed by atoms with Crippen LogP contribution in [0.2, 0.25) is 19.6 Å². The summed E-state index contributed by atoms with van der Waals surface area (Å²) in [7, 11) is 8.54. The number of benzene rings is 4. The van der Waals surface area contributed by atoms with Gasteiger partial charge in [0.1, 0.15) is 63.3 Å². The number of allylic oxidation sites excluding steroid dienone is 1. The van der Waals surface area contributed by atoms with Gasteiger partial charge in [-0.2, -0.15) is 13.2 Å². The molecule has 1 aliphatic heterocycles. The number of aliphatic hydroxyl groups excluding tert-OH is 12. The molecular weight excluding hydrogens is 1180 g/mol. The average Bonchev–Trinajstić information content (AvgIpc) is 1.74. The number of anilines is 1. The van der Waals surface area contributed by atoms with Crippen LogP contribution in [0.5, 0.6) is 23.0 Å². The minimum Gasteiger partial charge on any atom is -0.508 e. The predicted octanol–water partition coefficient (Wildman–Crippen LogP) is 8.03. The maximum Gasteiger partial charge on any atom is 0.411 e. The number of phenolic OH excluding ortho intramolecular Hbond substituents is 1. The molecule has 5 aromatic rings. The second-order valence-corrected chi connectivity index (χ2v) is 24.9. The third-order valence-electron chi connectivity index (χ3n) is 10.9. The van der Waals surface area contributed by atoms with Crippen molar-refractivity contribution in [3.8, 4) is 46.8 Å². The van der Waals surface area contributed by atoms with Gasteiger partial charge in [-0.3, -0.25) is 0 Å². The summed E-state index contributed by atoms with van der Waals surface area (Å²) in [4.78, 5) is 2.01. The van der Waals surface area contributed by atoms with Crippen LogP contribution >= 0.6 is 0 Å². The lowest BCUT2D eigenvalue weighted by Crippen LogP contribution is -2.16. The van der Waals surface area contributed by atoms with Gasteiger partial charge in [0.05, 0.1) is 72.8 Å². The summed E-state index contributed by atoms with van der Waals surface area (Å²) in [6.07, 6.45) is 6.01. The molecule has 1 saturated carbocycles. The van der Waals surface area contributed by atoms with Crippen molar-refractivity contribution in [2.24, 2.45) is 11.3 Å². The SMILES string of the molecule is C#CCO.CC(C)=CC1C(O)C1(C)C.CCO.CN(C)c1cccc(CO)c1.CO.COc1ccc(CO)cc1.COc1ccc(OC)c(CO)c1.C[Si](C)(C)C#CCO.OCC(F)(F)F.OCC1CCCO1.OCc1ccc(O)cc1.OCc1ccco1. The third-order valence-corrected chi connectivity index (χ3v) is 11.8. The first kappa shape index (κ1) is 91.2. The van der Waals surface area contributed by atoms with E-state index in [9.17, 15) is 18.3 Å². The number of aromatic hydroxyl groups is 1. The number of phenols is 1. The van der Waals surface area contributed by atoms with E-state index in [4.69, 9.17) is 84.6 Å². The molecule has 506 valence electrons. The molecule has 13 N–H and O–H groups in total. The Labute approximate surface area is 527 Å².